The summed E-state index contributed by atoms with van der Waals surface area (Å²) >= 11 is 4.48. The third-order valence-electron chi connectivity index (χ3n) is 3.50. The number of methoxy groups -OCH3 is 1. The predicted octanol–water partition coefficient (Wildman–Crippen LogP) is 3.16. The Morgan fingerprint density at radius 1 is 1.35 bits per heavy atom. The Balaban J connectivity index is 2.33. The molecule has 0 amide bonds. The van der Waals surface area contributed by atoms with Crippen LogP contribution in [0.3, 0.4) is 0 Å². The Bertz CT molecular complexity index is 580. The number of thiol groups is 1. The van der Waals surface area contributed by atoms with Crippen molar-refractivity contribution in [1.29, 1.82) is 0 Å². The molecule has 1 aromatic heterocycles. The molecule has 0 unspecified atom stereocenters. The molecule has 0 saturated heterocycles. The van der Waals surface area contributed by atoms with Gasteiger partial charge in [0.2, 0.25) is 0 Å². The first-order valence-electron chi connectivity index (χ1n) is 5.92. The molecular formula is C14H15NOS. The molecule has 1 heterocycles. The molecule has 1 aliphatic rings. The molecule has 0 atom stereocenters. The van der Waals surface area contributed by atoms with Crippen LogP contribution in [0.1, 0.15) is 23.2 Å². The summed E-state index contributed by atoms with van der Waals surface area (Å²) in [4.78, 5) is 4.75. The summed E-state index contributed by atoms with van der Waals surface area (Å²) in [6.45, 7) is 0. The second kappa shape index (κ2) is 4.22. The highest BCUT2D eigenvalue weighted by atomic mass is 32.1. The first kappa shape index (κ1) is 10.9. The lowest BCUT2D eigenvalue weighted by molar-refractivity contribution is 0.415. The highest BCUT2D eigenvalue weighted by molar-refractivity contribution is 7.79. The number of ether oxygens (including phenoxy) is 1. The van der Waals surface area contributed by atoms with E-state index in [0.717, 1.165) is 29.9 Å². The van der Waals surface area contributed by atoms with E-state index in [1.165, 1.54) is 28.6 Å². The van der Waals surface area contributed by atoms with E-state index in [1.54, 1.807) is 7.11 Å². The van der Waals surface area contributed by atoms with E-state index in [-0.39, 0.29) is 0 Å². The van der Waals surface area contributed by atoms with Crippen LogP contribution in [-0.2, 0) is 18.6 Å². The average Bonchev–Trinajstić information content (AvgIpc) is 2.82. The van der Waals surface area contributed by atoms with Crippen LogP contribution >= 0.6 is 12.6 Å². The molecule has 2 nitrogen and oxygen atoms in total. The zero-order valence-corrected chi connectivity index (χ0v) is 10.8. The van der Waals surface area contributed by atoms with E-state index in [2.05, 4.69) is 18.7 Å². The van der Waals surface area contributed by atoms with Crippen molar-refractivity contribution in [2.24, 2.45) is 0 Å². The van der Waals surface area contributed by atoms with Gasteiger partial charge in [0.1, 0.15) is 5.75 Å². The number of hydrogen-bond acceptors (Lipinski definition) is 3. The number of hydrogen-bond donors (Lipinski definition) is 1. The van der Waals surface area contributed by atoms with Gasteiger partial charge in [0.15, 0.2) is 0 Å². The molecule has 0 spiro atoms. The second-order valence-electron chi connectivity index (χ2n) is 4.41. The predicted molar refractivity (Wildman–Crippen MR) is 73.0 cm³/mol. The summed E-state index contributed by atoms with van der Waals surface area (Å²) in [5.74, 6) is 1.66. The van der Waals surface area contributed by atoms with E-state index >= 15 is 0 Å². The molecule has 3 heteroatoms. The van der Waals surface area contributed by atoms with Gasteiger partial charge in [-0.3, -0.25) is 4.98 Å². The van der Waals surface area contributed by atoms with Crippen LogP contribution in [0, 0.1) is 0 Å². The van der Waals surface area contributed by atoms with Gasteiger partial charge in [0, 0.05) is 16.8 Å². The Morgan fingerprint density at radius 2 is 2.24 bits per heavy atom. The van der Waals surface area contributed by atoms with Gasteiger partial charge in [0.05, 0.1) is 12.6 Å². The lowest BCUT2D eigenvalue weighted by Crippen LogP contribution is -1.97. The molecule has 0 N–H and O–H groups in total. The topological polar surface area (TPSA) is 22.1 Å². The molecule has 0 fully saturated rings. The van der Waals surface area contributed by atoms with Crippen molar-refractivity contribution in [3.8, 4) is 5.75 Å². The fraction of sp³-hybridized carbons (Fsp3) is 0.357. The smallest absolute Gasteiger partial charge is 0.119 e. The van der Waals surface area contributed by atoms with Crippen LogP contribution in [0.4, 0.5) is 0 Å². The quantitative estimate of drug-likeness (QED) is 0.821. The lowest BCUT2D eigenvalue weighted by Gasteiger charge is -2.11. The summed E-state index contributed by atoms with van der Waals surface area (Å²) in [5, 5.41) is 1.19. The number of nitrogens with zero attached hydrogens (tertiary/aromatic N) is 1. The summed E-state index contributed by atoms with van der Waals surface area (Å²) < 4.78 is 5.29. The number of benzene rings is 1. The number of aromatic nitrogens is 1. The fourth-order valence-electron chi connectivity index (χ4n) is 2.65. The summed E-state index contributed by atoms with van der Waals surface area (Å²) in [6, 6.07) is 6.09. The molecule has 1 aliphatic carbocycles. The first-order valence-corrected chi connectivity index (χ1v) is 6.56. The number of pyridine rings is 1. The van der Waals surface area contributed by atoms with E-state index in [4.69, 9.17) is 9.72 Å². The summed E-state index contributed by atoms with van der Waals surface area (Å²) in [6.07, 6.45) is 3.47. The van der Waals surface area contributed by atoms with Gasteiger partial charge in [-0.2, -0.15) is 12.6 Å². The van der Waals surface area contributed by atoms with Crippen LogP contribution in [-0.4, -0.2) is 12.1 Å². The normalized spacial score (nSPS) is 14.0. The van der Waals surface area contributed by atoms with Crippen molar-refractivity contribution < 1.29 is 4.74 Å². The monoisotopic (exact) mass is 245 g/mol. The second-order valence-corrected chi connectivity index (χ2v) is 4.73. The van der Waals surface area contributed by atoms with Crippen molar-refractivity contribution in [3.63, 3.8) is 0 Å². The average molecular weight is 245 g/mol. The van der Waals surface area contributed by atoms with E-state index in [1.807, 2.05) is 12.1 Å². The molecule has 0 saturated carbocycles. The van der Waals surface area contributed by atoms with Crippen LogP contribution in [0.25, 0.3) is 10.9 Å². The van der Waals surface area contributed by atoms with Gasteiger partial charge >= 0.3 is 0 Å². The van der Waals surface area contributed by atoms with Gasteiger partial charge < -0.3 is 4.74 Å². The molecule has 2 aromatic rings. The first-order chi connectivity index (χ1) is 8.33. The molecular weight excluding hydrogens is 230 g/mol. The Hall–Kier alpha value is -1.22. The zero-order valence-electron chi connectivity index (χ0n) is 9.86. The highest BCUT2D eigenvalue weighted by Gasteiger charge is 2.18. The summed E-state index contributed by atoms with van der Waals surface area (Å²) in [5.41, 5.74) is 5.09. The van der Waals surface area contributed by atoms with Gasteiger partial charge in [-0.25, -0.2) is 0 Å². The zero-order chi connectivity index (χ0) is 11.8. The molecule has 3 rings (SSSR count). The Morgan fingerprint density at radius 3 is 3.00 bits per heavy atom. The molecule has 0 aliphatic heterocycles. The number of aryl methyl sites for hydroxylation is 1. The third-order valence-corrected chi connectivity index (χ3v) is 3.81. The van der Waals surface area contributed by atoms with Crippen molar-refractivity contribution in [2.75, 3.05) is 7.11 Å². The van der Waals surface area contributed by atoms with Crippen LogP contribution < -0.4 is 4.74 Å². The minimum atomic E-state index is 0.772. The van der Waals surface area contributed by atoms with Crippen molar-refractivity contribution in [2.45, 2.75) is 25.0 Å². The maximum atomic E-state index is 5.29. The van der Waals surface area contributed by atoms with Crippen molar-refractivity contribution in [3.05, 3.63) is 35.0 Å². The third kappa shape index (κ3) is 1.69. The minimum absolute atomic E-state index is 0.772. The largest absolute Gasteiger partial charge is 0.497 e. The fourth-order valence-corrected chi connectivity index (χ4v) is 3.01. The molecule has 17 heavy (non-hydrogen) atoms. The molecule has 0 bridgehead atoms. The van der Waals surface area contributed by atoms with Crippen LogP contribution in [0.5, 0.6) is 5.75 Å². The SMILES string of the molecule is COc1ccc2nc3c(c(CS)c2c1)CCC3. The van der Waals surface area contributed by atoms with Crippen molar-refractivity contribution >= 4 is 23.5 Å². The van der Waals surface area contributed by atoms with Crippen LogP contribution in [0.2, 0.25) is 0 Å². The van der Waals surface area contributed by atoms with Crippen LogP contribution in [0.15, 0.2) is 18.2 Å². The van der Waals surface area contributed by atoms with E-state index < -0.39 is 0 Å². The number of rotatable bonds is 2. The maximum absolute atomic E-state index is 5.29. The minimum Gasteiger partial charge on any atom is -0.497 e. The highest BCUT2D eigenvalue weighted by Crippen LogP contribution is 2.32. The molecule has 88 valence electrons. The standard InChI is InChI=1S/C14H15NOS/c1-16-9-5-6-14-11(7-9)12(8-17)10-3-2-4-13(10)15-14/h5-7,17H,2-4,8H2,1H3. The van der Waals surface area contributed by atoms with Gasteiger partial charge in [-0.05, 0) is 48.6 Å². The molecule has 1 aromatic carbocycles. The van der Waals surface area contributed by atoms with Gasteiger partial charge in [-0.1, -0.05) is 0 Å². The number of fused-ring (bicyclic) bond motifs is 2. The van der Waals surface area contributed by atoms with Crippen molar-refractivity contribution in [1.82, 2.24) is 4.98 Å². The van der Waals surface area contributed by atoms with Gasteiger partial charge in [0.25, 0.3) is 0 Å². The Labute approximate surface area is 106 Å². The molecule has 0 radical (unpaired) electrons. The van der Waals surface area contributed by atoms with E-state index in [9.17, 15) is 0 Å². The van der Waals surface area contributed by atoms with Gasteiger partial charge in [-0.15, -0.1) is 0 Å². The van der Waals surface area contributed by atoms with E-state index in [0.29, 0.717) is 0 Å². The summed E-state index contributed by atoms with van der Waals surface area (Å²) in [7, 11) is 1.70. The maximum Gasteiger partial charge on any atom is 0.119 e. The lowest BCUT2D eigenvalue weighted by atomic mass is 10.0. The Kier molecular flexibility index (Phi) is 2.71.